The second kappa shape index (κ2) is 4.63. The Bertz CT molecular complexity index is 165. The van der Waals surface area contributed by atoms with Gasteiger partial charge in [0.05, 0.1) is 5.60 Å². The fourth-order valence-electron chi connectivity index (χ4n) is 1.68. The minimum atomic E-state index is 0.0237. The van der Waals surface area contributed by atoms with Crippen molar-refractivity contribution in [3.8, 4) is 0 Å². The zero-order valence-corrected chi connectivity index (χ0v) is 10.2. The molecule has 0 atom stereocenters. The highest BCUT2D eigenvalue weighted by atomic mass is 16.5. The molecule has 1 fully saturated rings. The monoisotopic (exact) mass is 199 g/mol. The maximum Gasteiger partial charge on any atom is 0.0634 e. The molecular weight excluding hydrogens is 174 g/mol. The average molecular weight is 199 g/mol. The lowest BCUT2D eigenvalue weighted by atomic mass is 10.0. The first-order chi connectivity index (χ1) is 6.54. The van der Waals surface area contributed by atoms with Crippen molar-refractivity contribution in [3.05, 3.63) is 0 Å². The van der Waals surface area contributed by atoms with Gasteiger partial charge in [-0.1, -0.05) is 6.92 Å². The van der Waals surface area contributed by atoms with Crippen LogP contribution in [0.5, 0.6) is 0 Å². The van der Waals surface area contributed by atoms with E-state index in [1.165, 1.54) is 25.8 Å². The van der Waals surface area contributed by atoms with E-state index in [0.29, 0.717) is 5.41 Å². The van der Waals surface area contributed by atoms with Gasteiger partial charge in [0.15, 0.2) is 0 Å². The molecule has 0 heterocycles. The molecule has 0 spiro atoms. The Kier molecular flexibility index (Phi) is 3.96. The molecular formula is C12H25NO. The van der Waals surface area contributed by atoms with Crippen molar-refractivity contribution in [3.63, 3.8) is 0 Å². The molecule has 14 heavy (non-hydrogen) atoms. The number of rotatable bonds is 7. The van der Waals surface area contributed by atoms with Gasteiger partial charge < -0.3 is 10.1 Å². The Morgan fingerprint density at radius 3 is 2.43 bits per heavy atom. The van der Waals surface area contributed by atoms with Crippen LogP contribution >= 0.6 is 0 Å². The van der Waals surface area contributed by atoms with Gasteiger partial charge in [0.25, 0.3) is 0 Å². The summed E-state index contributed by atoms with van der Waals surface area (Å²) in [7, 11) is 1.79. The summed E-state index contributed by atoms with van der Waals surface area (Å²) in [5.41, 5.74) is 0.688. The fraction of sp³-hybridized carbons (Fsp3) is 1.00. The van der Waals surface area contributed by atoms with Gasteiger partial charge >= 0.3 is 0 Å². The van der Waals surface area contributed by atoms with E-state index in [4.69, 9.17) is 4.74 Å². The van der Waals surface area contributed by atoms with Gasteiger partial charge in [0, 0.05) is 13.7 Å². The summed E-state index contributed by atoms with van der Waals surface area (Å²) in [6.45, 7) is 8.85. The van der Waals surface area contributed by atoms with E-state index in [9.17, 15) is 0 Å². The first-order valence-corrected chi connectivity index (χ1v) is 5.79. The van der Waals surface area contributed by atoms with Gasteiger partial charge in [-0.25, -0.2) is 0 Å². The fourth-order valence-corrected chi connectivity index (χ4v) is 1.68. The van der Waals surface area contributed by atoms with Crippen LogP contribution in [-0.4, -0.2) is 25.8 Å². The van der Waals surface area contributed by atoms with Gasteiger partial charge in [0.2, 0.25) is 0 Å². The molecule has 0 aromatic carbocycles. The Hall–Kier alpha value is -0.0800. The van der Waals surface area contributed by atoms with Crippen LogP contribution in [0.3, 0.4) is 0 Å². The SMILES string of the molecule is CCC1(CNCCC(C)(C)OC)CC1. The molecule has 0 amide bonds. The second-order valence-corrected chi connectivity index (χ2v) is 5.24. The van der Waals surface area contributed by atoms with Crippen molar-refractivity contribution in [2.24, 2.45) is 5.41 Å². The number of methoxy groups -OCH3 is 1. The van der Waals surface area contributed by atoms with Gasteiger partial charge in [-0.05, 0) is 51.5 Å². The van der Waals surface area contributed by atoms with E-state index < -0.39 is 0 Å². The molecule has 1 N–H and O–H groups in total. The molecule has 1 saturated carbocycles. The molecule has 84 valence electrons. The molecule has 1 aliphatic carbocycles. The molecule has 2 heteroatoms. The molecule has 1 rings (SSSR count). The molecule has 0 unspecified atom stereocenters. The molecule has 0 aromatic rings. The van der Waals surface area contributed by atoms with Gasteiger partial charge in [0.1, 0.15) is 0 Å². The van der Waals surface area contributed by atoms with E-state index in [1.807, 2.05) is 0 Å². The Balaban J connectivity index is 2.05. The van der Waals surface area contributed by atoms with Crippen LogP contribution in [0.15, 0.2) is 0 Å². The van der Waals surface area contributed by atoms with E-state index in [1.54, 1.807) is 7.11 Å². The van der Waals surface area contributed by atoms with E-state index in [2.05, 4.69) is 26.1 Å². The molecule has 1 aliphatic rings. The van der Waals surface area contributed by atoms with Crippen molar-refractivity contribution in [1.82, 2.24) is 5.32 Å². The zero-order chi connectivity index (χ0) is 10.7. The van der Waals surface area contributed by atoms with Crippen LogP contribution in [0.25, 0.3) is 0 Å². The Labute approximate surface area is 88.4 Å². The van der Waals surface area contributed by atoms with Crippen molar-refractivity contribution >= 4 is 0 Å². The molecule has 0 aliphatic heterocycles. The summed E-state index contributed by atoms with van der Waals surface area (Å²) in [6.07, 6.45) is 5.26. The predicted molar refractivity (Wildman–Crippen MR) is 60.5 cm³/mol. The lowest BCUT2D eigenvalue weighted by Gasteiger charge is -2.23. The minimum absolute atomic E-state index is 0.0237. The van der Waals surface area contributed by atoms with E-state index >= 15 is 0 Å². The first-order valence-electron chi connectivity index (χ1n) is 5.79. The van der Waals surface area contributed by atoms with Crippen molar-refractivity contribution < 1.29 is 4.74 Å². The van der Waals surface area contributed by atoms with Crippen molar-refractivity contribution in [2.75, 3.05) is 20.2 Å². The third-order valence-electron chi connectivity index (χ3n) is 3.66. The average Bonchev–Trinajstić information content (AvgIpc) is 2.94. The largest absolute Gasteiger partial charge is 0.379 e. The summed E-state index contributed by atoms with van der Waals surface area (Å²) in [4.78, 5) is 0. The summed E-state index contributed by atoms with van der Waals surface area (Å²) < 4.78 is 5.37. The second-order valence-electron chi connectivity index (χ2n) is 5.24. The van der Waals surface area contributed by atoms with Crippen molar-refractivity contribution in [2.45, 2.75) is 52.1 Å². The van der Waals surface area contributed by atoms with Crippen LogP contribution < -0.4 is 5.32 Å². The maximum absolute atomic E-state index is 5.37. The Morgan fingerprint density at radius 2 is 2.00 bits per heavy atom. The lowest BCUT2D eigenvalue weighted by Crippen LogP contribution is -2.31. The van der Waals surface area contributed by atoms with Crippen LogP contribution in [-0.2, 0) is 4.74 Å². The zero-order valence-electron chi connectivity index (χ0n) is 10.2. The number of nitrogens with one attached hydrogen (secondary N) is 1. The lowest BCUT2D eigenvalue weighted by molar-refractivity contribution is 0.0156. The summed E-state index contributed by atoms with van der Waals surface area (Å²) in [5.74, 6) is 0. The molecule has 0 bridgehead atoms. The van der Waals surface area contributed by atoms with Gasteiger partial charge in [-0.2, -0.15) is 0 Å². The normalized spacial score (nSPS) is 19.7. The smallest absolute Gasteiger partial charge is 0.0634 e. The number of hydrogen-bond acceptors (Lipinski definition) is 2. The highest BCUT2D eigenvalue weighted by molar-refractivity contribution is 4.93. The third-order valence-corrected chi connectivity index (χ3v) is 3.66. The summed E-state index contributed by atoms with van der Waals surface area (Å²) in [6, 6.07) is 0. The maximum atomic E-state index is 5.37. The molecule has 0 radical (unpaired) electrons. The van der Waals surface area contributed by atoms with Crippen LogP contribution in [0.2, 0.25) is 0 Å². The number of ether oxygens (including phenoxy) is 1. The van der Waals surface area contributed by atoms with Crippen LogP contribution in [0.4, 0.5) is 0 Å². The summed E-state index contributed by atoms with van der Waals surface area (Å²) in [5, 5.41) is 3.55. The minimum Gasteiger partial charge on any atom is -0.379 e. The molecule has 0 aromatic heterocycles. The first kappa shape index (κ1) is 12.0. The highest BCUT2D eigenvalue weighted by Crippen LogP contribution is 2.47. The number of hydrogen-bond donors (Lipinski definition) is 1. The van der Waals surface area contributed by atoms with Gasteiger partial charge in [-0.3, -0.25) is 0 Å². The molecule has 2 nitrogen and oxygen atoms in total. The predicted octanol–water partition coefficient (Wildman–Crippen LogP) is 2.58. The molecule has 0 saturated heterocycles. The topological polar surface area (TPSA) is 21.3 Å². The van der Waals surface area contributed by atoms with E-state index in [0.717, 1.165) is 13.0 Å². The Morgan fingerprint density at radius 1 is 1.36 bits per heavy atom. The summed E-state index contributed by atoms with van der Waals surface area (Å²) >= 11 is 0. The van der Waals surface area contributed by atoms with Gasteiger partial charge in [-0.15, -0.1) is 0 Å². The van der Waals surface area contributed by atoms with Crippen LogP contribution in [0, 0.1) is 5.41 Å². The van der Waals surface area contributed by atoms with E-state index in [-0.39, 0.29) is 5.60 Å². The highest BCUT2D eigenvalue weighted by Gasteiger charge is 2.39. The standard InChI is InChI=1S/C12H25NO/c1-5-12(6-7-12)10-13-9-8-11(2,3)14-4/h13H,5-10H2,1-4H3. The van der Waals surface area contributed by atoms with Crippen molar-refractivity contribution in [1.29, 1.82) is 0 Å². The quantitative estimate of drug-likeness (QED) is 0.636. The van der Waals surface area contributed by atoms with Crippen LogP contribution in [0.1, 0.15) is 46.5 Å². The third kappa shape index (κ3) is 3.58.